The Labute approximate surface area is 163 Å². The van der Waals surface area contributed by atoms with Crippen molar-refractivity contribution in [2.24, 2.45) is 0 Å². The molecule has 7 nitrogen and oxygen atoms in total. The minimum Gasteiger partial charge on any atom is -0.492 e. The molecule has 2 aromatic carbocycles. The second-order valence-corrected chi connectivity index (χ2v) is 6.02. The van der Waals surface area contributed by atoms with Crippen molar-refractivity contribution >= 4 is 11.9 Å². The van der Waals surface area contributed by atoms with E-state index in [2.05, 4.69) is 5.32 Å². The Morgan fingerprint density at radius 2 is 1.89 bits per heavy atom. The van der Waals surface area contributed by atoms with E-state index < -0.39 is 24.6 Å². The summed E-state index contributed by atoms with van der Waals surface area (Å²) in [6, 6.07) is 15.9. The number of carbonyl (C=O) groups is 2. The molecule has 0 aromatic heterocycles. The van der Waals surface area contributed by atoms with E-state index >= 15 is 0 Å². The Hall–Kier alpha value is -3.53. The molecule has 0 unspecified atom stereocenters. The minimum absolute atomic E-state index is 0.293. The number of hydrogen-bond acceptors (Lipinski definition) is 6. The molecule has 0 aliphatic heterocycles. The van der Waals surface area contributed by atoms with Crippen LogP contribution < -0.4 is 14.8 Å². The van der Waals surface area contributed by atoms with E-state index in [1.54, 1.807) is 24.3 Å². The Morgan fingerprint density at radius 1 is 1.14 bits per heavy atom. The van der Waals surface area contributed by atoms with Gasteiger partial charge in [-0.1, -0.05) is 12.1 Å². The van der Waals surface area contributed by atoms with Crippen molar-refractivity contribution in [1.29, 1.82) is 5.26 Å². The topological polar surface area (TPSA) is 97.7 Å². The van der Waals surface area contributed by atoms with Crippen LogP contribution in [0.5, 0.6) is 11.5 Å². The zero-order valence-corrected chi connectivity index (χ0v) is 15.8. The van der Waals surface area contributed by atoms with Crippen LogP contribution in [0.1, 0.15) is 18.1 Å². The zero-order chi connectivity index (χ0) is 20.4. The highest BCUT2D eigenvalue weighted by Gasteiger charge is 2.17. The number of amides is 1. The standard InChI is InChI=1S/C21H22N2O5/c1-15-4-3-5-19(12-15)26-11-10-23-20(24)14-27-21(25)16(2)28-18-8-6-17(13-22)7-9-18/h3-9,12,16H,10-11,14H2,1-2H3,(H,23,24)/t16-/m0/s1. The van der Waals surface area contributed by atoms with Crippen LogP contribution in [0.15, 0.2) is 48.5 Å². The molecule has 0 saturated heterocycles. The molecule has 0 spiro atoms. The molecule has 2 aromatic rings. The van der Waals surface area contributed by atoms with Gasteiger partial charge in [0.25, 0.3) is 5.91 Å². The number of nitriles is 1. The minimum atomic E-state index is -0.884. The normalized spacial score (nSPS) is 11.0. The van der Waals surface area contributed by atoms with Gasteiger partial charge in [0, 0.05) is 0 Å². The molecule has 0 fully saturated rings. The average Bonchev–Trinajstić information content (AvgIpc) is 2.70. The molecular formula is C21H22N2O5. The molecule has 0 aliphatic rings. The molecule has 0 radical (unpaired) electrons. The van der Waals surface area contributed by atoms with E-state index in [-0.39, 0.29) is 0 Å². The van der Waals surface area contributed by atoms with Crippen LogP contribution in [0, 0.1) is 18.3 Å². The number of nitrogens with zero attached hydrogens (tertiary/aromatic N) is 1. The van der Waals surface area contributed by atoms with E-state index in [0.717, 1.165) is 11.3 Å². The summed E-state index contributed by atoms with van der Waals surface area (Å²) in [6.45, 7) is 3.69. The van der Waals surface area contributed by atoms with Gasteiger partial charge in [-0.2, -0.15) is 5.26 Å². The lowest BCUT2D eigenvalue weighted by Crippen LogP contribution is -2.34. The van der Waals surface area contributed by atoms with Crippen molar-refractivity contribution < 1.29 is 23.8 Å². The predicted molar refractivity (Wildman–Crippen MR) is 102 cm³/mol. The molecule has 0 saturated carbocycles. The third-order valence-electron chi connectivity index (χ3n) is 3.66. The predicted octanol–water partition coefficient (Wildman–Crippen LogP) is 2.37. The number of carbonyl (C=O) groups excluding carboxylic acids is 2. The summed E-state index contributed by atoms with van der Waals surface area (Å²) in [5.74, 6) is 0.0814. The summed E-state index contributed by atoms with van der Waals surface area (Å²) < 4.78 is 15.9. The third-order valence-corrected chi connectivity index (χ3v) is 3.66. The largest absolute Gasteiger partial charge is 0.492 e. The Balaban J connectivity index is 1.64. The molecule has 0 heterocycles. The lowest BCUT2D eigenvalue weighted by molar-refractivity contribution is -0.154. The van der Waals surface area contributed by atoms with Gasteiger partial charge in [0.15, 0.2) is 12.7 Å². The fourth-order valence-corrected chi connectivity index (χ4v) is 2.23. The number of aryl methyl sites for hydroxylation is 1. The molecule has 0 aliphatic carbocycles. The molecule has 7 heteroatoms. The first-order valence-electron chi connectivity index (χ1n) is 8.77. The van der Waals surface area contributed by atoms with Crippen LogP contribution in [-0.4, -0.2) is 37.7 Å². The lowest BCUT2D eigenvalue weighted by atomic mass is 10.2. The second-order valence-electron chi connectivity index (χ2n) is 6.02. The van der Waals surface area contributed by atoms with Crippen LogP contribution in [-0.2, 0) is 14.3 Å². The summed E-state index contributed by atoms with van der Waals surface area (Å²) in [4.78, 5) is 23.7. The molecule has 28 heavy (non-hydrogen) atoms. The van der Waals surface area contributed by atoms with E-state index in [4.69, 9.17) is 19.5 Å². The maximum atomic E-state index is 11.9. The van der Waals surface area contributed by atoms with Crippen molar-refractivity contribution in [2.45, 2.75) is 20.0 Å². The van der Waals surface area contributed by atoms with E-state index in [0.29, 0.717) is 24.5 Å². The van der Waals surface area contributed by atoms with E-state index in [1.165, 1.54) is 6.92 Å². The highest BCUT2D eigenvalue weighted by Crippen LogP contribution is 2.14. The smallest absolute Gasteiger partial charge is 0.347 e. The molecule has 146 valence electrons. The van der Waals surface area contributed by atoms with E-state index in [9.17, 15) is 9.59 Å². The SMILES string of the molecule is Cc1cccc(OCCNC(=O)COC(=O)[C@H](C)Oc2ccc(C#N)cc2)c1. The monoisotopic (exact) mass is 382 g/mol. The van der Waals surface area contributed by atoms with Gasteiger partial charge in [-0.05, 0) is 55.8 Å². The summed E-state index contributed by atoms with van der Waals surface area (Å²) in [6.07, 6.45) is -0.884. The van der Waals surface area contributed by atoms with Crippen LogP contribution in [0.4, 0.5) is 0 Å². The van der Waals surface area contributed by atoms with Crippen LogP contribution in [0.3, 0.4) is 0 Å². The summed E-state index contributed by atoms with van der Waals surface area (Å²) in [5, 5.41) is 11.4. The number of benzene rings is 2. The van der Waals surface area contributed by atoms with Gasteiger partial charge in [-0.25, -0.2) is 4.79 Å². The summed E-state index contributed by atoms with van der Waals surface area (Å²) in [5.41, 5.74) is 1.58. The number of ether oxygens (including phenoxy) is 3. The quantitative estimate of drug-likeness (QED) is 0.528. The van der Waals surface area contributed by atoms with Crippen LogP contribution in [0.2, 0.25) is 0 Å². The molecule has 1 N–H and O–H groups in total. The fraction of sp³-hybridized carbons (Fsp3) is 0.286. The van der Waals surface area contributed by atoms with Gasteiger partial charge in [0.2, 0.25) is 0 Å². The maximum absolute atomic E-state index is 11.9. The molecule has 2 rings (SSSR count). The molecule has 1 atom stereocenters. The van der Waals surface area contributed by atoms with Crippen molar-refractivity contribution in [2.75, 3.05) is 19.8 Å². The van der Waals surface area contributed by atoms with Gasteiger partial charge >= 0.3 is 5.97 Å². The van der Waals surface area contributed by atoms with E-state index in [1.807, 2.05) is 37.3 Å². The number of rotatable bonds is 9. The maximum Gasteiger partial charge on any atom is 0.347 e. The van der Waals surface area contributed by atoms with Crippen molar-refractivity contribution in [3.05, 3.63) is 59.7 Å². The zero-order valence-electron chi connectivity index (χ0n) is 15.8. The highest BCUT2D eigenvalue weighted by atomic mass is 16.6. The van der Waals surface area contributed by atoms with Gasteiger partial charge in [0.05, 0.1) is 18.2 Å². The number of hydrogen-bond donors (Lipinski definition) is 1. The molecular weight excluding hydrogens is 360 g/mol. The number of esters is 1. The highest BCUT2D eigenvalue weighted by molar-refractivity contribution is 5.81. The van der Waals surface area contributed by atoms with Gasteiger partial charge in [-0.3, -0.25) is 4.79 Å². The molecule has 1 amide bonds. The van der Waals surface area contributed by atoms with Crippen LogP contribution >= 0.6 is 0 Å². The summed E-state index contributed by atoms with van der Waals surface area (Å²) in [7, 11) is 0. The first kappa shape index (κ1) is 20.8. The Kier molecular flexibility index (Phi) is 7.85. The van der Waals surface area contributed by atoms with Crippen LogP contribution in [0.25, 0.3) is 0 Å². The van der Waals surface area contributed by atoms with Crippen molar-refractivity contribution in [1.82, 2.24) is 5.32 Å². The first-order valence-corrected chi connectivity index (χ1v) is 8.77. The first-order chi connectivity index (χ1) is 13.5. The summed E-state index contributed by atoms with van der Waals surface area (Å²) >= 11 is 0. The number of nitrogens with one attached hydrogen (secondary N) is 1. The van der Waals surface area contributed by atoms with Gasteiger partial charge < -0.3 is 19.5 Å². The molecule has 0 bridgehead atoms. The van der Waals surface area contributed by atoms with Crippen molar-refractivity contribution in [3.8, 4) is 17.6 Å². The van der Waals surface area contributed by atoms with Crippen molar-refractivity contribution in [3.63, 3.8) is 0 Å². The van der Waals surface area contributed by atoms with Gasteiger partial charge in [-0.15, -0.1) is 0 Å². The Morgan fingerprint density at radius 3 is 2.57 bits per heavy atom. The van der Waals surface area contributed by atoms with Gasteiger partial charge in [0.1, 0.15) is 18.1 Å². The third kappa shape index (κ3) is 7.00. The Bertz CT molecular complexity index is 843. The average molecular weight is 382 g/mol. The second kappa shape index (κ2) is 10.6. The lowest BCUT2D eigenvalue weighted by Gasteiger charge is -2.14. The fourth-order valence-electron chi connectivity index (χ4n) is 2.23.